The third-order valence-electron chi connectivity index (χ3n) is 2.99. The number of ether oxygens (including phenoxy) is 1. The van der Waals surface area contributed by atoms with Crippen molar-refractivity contribution in [3.8, 4) is 5.75 Å². The molecular weight excluding hydrogens is 224 g/mol. The van der Waals surface area contributed by atoms with Gasteiger partial charge < -0.3 is 15.8 Å². The molecule has 0 saturated heterocycles. The molecule has 0 aliphatic heterocycles. The first kappa shape index (κ1) is 14.7. The fourth-order valence-electron chi connectivity index (χ4n) is 1.96. The molecule has 1 aromatic rings. The summed E-state index contributed by atoms with van der Waals surface area (Å²) in [5.74, 6) is 0.920. The molecule has 0 bridgehead atoms. The molecule has 0 aliphatic rings. The lowest BCUT2D eigenvalue weighted by Crippen LogP contribution is -2.28. The van der Waals surface area contributed by atoms with Crippen molar-refractivity contribution < 1.29 is 4.74 Å². The molecule has 3 N–H and O–H groups in total. The van der Waals surface area contributed by atoms with E-state index in [9.17, 15) is 0 Å². The molecule has 0 amide bonds. The van der Waals surface area contributed by atoms with Gasteiger partial charge in [0.2, 0.25) is 0 Å². The van der Waals surface area contributed by atoms with Crippen LogP contribution in [-0.2, 0) is 0 Å². The maximum absolute atomic E-state index is 5.83. The average Bonchev–Trinajstić information content (AvgIpc) is 2.39. The molecule has 0 fully saturated rings. The number of hydrogen-bond acceptors (Lipinski definition) is 3. The average molecular weight is 248 g/mol. The quantitative estimate of drug-likeness (QED) is 0.576. The van der Waals surface area contributed by atoms with Gasteiger partial charge in [-0.2, -0.15) is 0 Å². The van der Waals surface area contributed by atoms with Crippen LogP contribution in [0.5, 0.6) is 5.75 Å². The van der Waals surface area contributed by atoms with Gasteiger partial charge in [0, 0.05) is 12.6 Å². The molecule has 0 heterocycles. The number of nitrogens with two attached hydrogens (primary N) is 1. The van der Waals surface area contributed by atoms with Gasteiger partial charge >= 0.3 is 0 Å². The monoisotopic (exact) mass is 248 g/mol. The topological polar surface area (TPSA) is 47.3 Å². The zero-order valence-electron chi connectivity index (χ0n) is 11.6. The van der Waals surface area contributed by atoms with Crippen LogP contribution in [-0.4, -0.2) is 20.2 Å². The van der Waals surface area contributed by atoms with E-state index >= 15 is 0 Å². The van der Waals surface area contributed by atoms with E-state index in [1.165, 1.54) is 5.56 Å². The highest BCUT2D eigenvalue weighted by Crippen LogP contribution is 2.22. The predicted octanol–water partition coefficient (Wildman–Crippen LogP) is 2.56. The fraction of sp³-hybridized carbons (Fsp3) is 0.467. The van der Waals surface area contributed by atoms with Gasteiger partial charge in [-0.3, -0.25) is 0 Å². The van der Waals surface area contributed by atoms with Gasteiger partial charge in [-0.05, 0) is 44.0 Å². The summed E-state index contributed by atoms with van der Waals surface area (Å²) in [4.78, 5) is 0. The van der Waals surface area contributed by atoms with Crippen LogP contribution in [0.1, 0.15) is 30.5 Å². The highest BCUT2D eigenvalue weighted by atomic mass is 16.5. The number of methoxy groups -OCH3 is 1. The molecule has 0 aliphatic carbocycles. The van der Waals surface area contributed by atoms with E-state index in [4.69, 9.17) is 10.5 Å². The van der Waals surface area contributed by atoms with E-state index in [0.717, 1.165) is 24.3 Å². The molecule has 0 saturated carbocycles. The van der Waals surface area contributed by atoms with E-state index in [1.54, 1.807) is 7.11 Å². The summed E-state index contributed by atoms with van der Waals surface area (Å²) in [6.07, 6.45) is 5.25. The van der Waals surface area contributed by atoms with Crippen LogP contribution < -0.4 is 15.8 Å². The molecule has 18 heavy (non-hydrogen) atoms. The van der Waals surface area contributed by atoms with Crippen molar-refractivity contribution in [2.75, 3.05) is 20.2 Å². The molecule has 0 radical (unpaired) electrons. The Morgan fingerprint density at radius 1 is 1.44 bits per heavy atom. The molecule has 3 heteroatoms. The van der Waals surface area contributed by atoms with Crippen LogP contribution in [0.25, 0.3) is 0 Å². The zero-order valence-corrected chi connectivity index (χ0v) is 11.6. The first-order valence-corrected chi connectivity index (χ1v) is 6.42. The van der Waals surface area contributed by atoms with Gasteiger partial charge in [0.25, 0.3) is 0 Å². The maximum atomic E-state index is 5.83. The lowest BCUT2D eigenvalue weighted by atomic mass is 10.0. The summed E-state index contributed by atoms with van der Waals surface area (Å²) in [6.45, 7) is 5.63. The molecule has 100 valence electrons. The Morgan fingerprint density at radius 3 is 2.78 bits per heavy atom. The van der Waals surface area contributed by atoms with Crippen molar-refractivity contribution in [1.82, 2.24) is 5.32 Å². The Hall–Kier alpha value is -1.32. The largest absolute Gasteiger partial charge is 0.496 e. The first-order chi connectivity index (χ1) is 8.72. The Morgan fingerprint density at radius 2 is 2.22 bits per heavy atom. The normalized spacial score (nSPS) is 12.9. The van der Waals surface area contributed by atoms with Crippen molar-refractivity contribution in [2.24, 2.45) is 5.73 Å². The number of nitrogens with one attached hydrogen (secondary N) is 1. The molecular formula is C15H24N2O. The lowest BCUT2D eigenvalue weighted by molar-refractivity contribution is 0.411. The molecule has 1 rings (SSSR count). The van der Waals surface area contributed by atoms with Crippen molar-refractivity contribution in [3.63, 3.8) is 0 Å². The van der Waals surface area contributed by atoms with E-state index < -0.39 is 0 Å². The second kappa shape index (κ2) is 7.90. The first-order valence-electron chi connectivity index (χ1n) is 6.42. The number of allylic oxidation sites excluding steroid dienone is 1. The molecule has 0 aromatic heterocycles. The molecule has 0 spiro atoms. The van der Waals surface area contributed by atoms with Crippen LogP contribution in [0.3, 0.4) is 0 Å². The summed E-state index contributed by atoms with van der Waals surface area (Å²) in [6, 6.07) is 6.42. The highest BCUT2D eigenvalue weighted by Gasteiger charge is 2.09. The summed E-state index contributed by atoms with van der Waals surface area (Å²) in [5.41, 5.74) is 8.19. The molecule has 1 atom stereocenters. The van der Waals surface area contributed by atoms with E-state index in [1.807, 2.05) is 13.0 Å². The number of rotatable bonds is 7. The van der Waals surface area contributed by atoms with Crippen LogP contribution >= 0.6 is 0 Å². The van der Waals surface area contributed by atoms with Gasteiger partial charge in [0.1, 0.15) is 5.75 Å². The van der Waals surface area contributed by atoms with Crippen LogP contribution in [0.2, 0.25) is 0 Å². The third-order valence-corrected chi connectivity index (χ3v) is 2.99. The zero-order chi connectivity index (χ0) is 13.4. The summed E-state index contributed by atoms with van der Waals surface area (Å²) in [5, 5.41) is 3.47. The minimum atomic E-state index is 0.208. The van der Waals surface area contributed by atoms with Crippen LogP contribution in [0.4, 0.5) is 0 Å². The minimum absolute atomic E-state index is 0.208. The SMILES string of the molecule is C/C=C/CCNC(CN)c1ccc(OC)c(C)c1. The van der Waals surface area contributed by atoms with Gasteiger partial charge in [-0.15, -0.1) is 0 Å². The molecule has 1 aromatic carbocycles. The van der Waals surface area contributed by atoms with Gasteiger partial charge in [-0.1, -0.05) is 24.3 Å². The minimum Gasteiger partial charge on any atom is -0.496 e. The van der Waals surface area contributed by atoms with Crippen LogP contribution in [0, 0.1) is 6.92 Å². The van der Waals surface area contributed by atoms with Crippen molar-refractivity contribution in [3.05, 3.63) is 41.5 Å². The lowest BCUT2D eigenvalue weighted by Gasteiger charge is -2.18. The standard InChI is InChI=1S/C15H24N2O/c1-4-5-6-9-17-14(11-16)13-7-8-15(18-3)12(2)10-13/h4-5,7-8,10,14,17H,6,9,11,16H2,1-3H3/b5-4+. The Balaban J connectivity index is 2.66. The number of aryl methyl sites for hydroxylation is 1. The number of hydrogen-bond donors (Lipinski definition) is 2. The summed E-state index contributed by atoms with van der Waals surface area (Å²) >= 11 is 0. The Bertz CT molecular complexity index is 388. The van der Waals surface area contributed by atoms with Gasteiger partial charge in [-0.25, -0.2) is 0 Å². The van der Waals surface area contributed by atoms with Gasteiger partial charge in [0.15, 0.2) is 0 Å². The molecule has 1 unspecified atom stereocenters. The smallest absolute Gasteiger partial charge is 0.121 e. The third kappa shape index (κ3) is 4.17. The van der Waals surface area contributed by atoms with Gasteiger partial charge in [0.05, 0.1) is 7.11 Å². The number of benzene rings is 1. The van der Waals surface area contributed by atoms with E-state index in [2.05, 4.69) is 36.5 Å². The second-order valence-corrected chi connectivity index (χ2v) is 4.33. The highest BCUT2D eigenvalue weighted by molar-refractivity contribution is 5.37. The van der Waals surface area contributed by atoms with E-state index in [0.29, 0.717) is 6.54 Å². The Kier molecular flexibility index (Phi) is 6.47. The maximum Gasteiger partial charge on any atom is 0.121 e. The van der Waals surface area contributed by atoms with E-state index in [-0.39, 0.29) is 6.04 Å². The second-order valence-electron chi connectivity index (χ2n) is 4.33. The summed E-state index contributed by atoms with van der Waals surface area (Å²) in [7, 11) is 1.69. The van der Waals surface area contributed by atoms with Crippen LogP contribution in [0.15, 0.2) is 30.4 Å². The Labute approximate surface area is 110 Å². The summed E-state index contributed by atoms with van der Waals surface area (Å²) < 4.78 is 5.27. The van der Waals surface area contributed by atoms with Crippen molar-refractivity contribution in [1.29, 1.82) is 0 Å². The van der Waals surface area contributed by atoms with Crippen molar-refractivity contribution >= 4 is 0 Å². The van der Waals surface area contributed by atoms with Crippen molar-refractivity contribution in [2.45, 2.75) is 26.3 Å². The molecule has 3 nitrogen and oxygen atoms in total. The predicted molar refractivity (Wildman–Crippen MR) is 77.0 cm³/mol. The fourth-order valence-corrected chi connectivity index (χ4v) is 1.96.